The Morgan fingerprint density at radius 1 is 0.703 bits per heavy atom. The molecule has 0 amide bonds. The number of halogens is 4. The predicted molar refractivity (Wildman–Crippen MR) is 250 cm³/mol. The van der Waals surface area contributed by atoms with Crippen LogP contribution in [0.15, 0.2) is 126 Å². The molecule has 3 heterocycles. The molecule has 64 heavy (non-hydrogen) atoms. The van der Waals surface area contributed by atoms with Gasteiger partial charge in [0.15, 0.2) is 11.4 Å². The Morgan fingerprint density at radius 2 is 1.38 bits per heavy atom. The zero-order valence-corrected chi connectivity index (χ0v) is 40.2. The van der Waals surface area contributed by atoms with Gasteiger partial charge in [0.25, 0.3) is 5.92 Å². The minimum absolute atomic E-state index is 0. The van der Waals surface area contributed by atoms with Crippen molar-refractivity contribution in [1.29, 1.82) is 0 Å². The summed E-state index contributed by atoms with van der Waals surface area (Å²) in [5.74, 6) is -4.59. The SMILES string of the molecule is CC(C)c1cccc(C(C)C)c1-c1ccnc(-c2[c-]ccc3c2oc2c(F)c(-c4ccc(C(F)(F)C(C)(C)C)c(F)c4)ccc23)c1.[2H]c1c[c-]c(-c2cc(C([2H])([2H])C(C)(C)C)ccn2)cc1.[Ir]. The molecule has 0 aliphatic heterocycles. The third-order valence-electron chi connectivity index (χ3n) is 11.0. The third kappa shape index (κ3) is 9.94. The number of fused-ring (bicyclic) bond motifs is 3. The maximum atomic E-state index is 16.1. The summed E-state index contributed by atoms with van der Waals surface area (Å²) in [4.78, 5) is 8.93. The second kappa shape index (κ2) is 19.0. The molecule has 0 atom stereocenters. The summed E-state index contributed by atoms with van der Waals surface area (Å²) >= 11 is 0. The van der Waals surface area contributed by atoms with Crippen molar-refractivity contribution in [1.82, 2.24) is 9.97 Å². The van der Waals surface area contributed by atoms with E-state index >= 15 is 8.78 Å². The zero-order valence-electron chi connectivity index (χ0n) is 40.8. The molecule has 3 nitrogen and oxygen atoms in total. The van der Waals surface area contributed by atoms with Crippen molar-refractivity contribution in [3.8, 4) is 44.8 Å². The fourth-order valence-electron chi connectivity index (χ4n) is 7.73. The minimum Gasteiger partial charge on any atom is -0.497 e. The summed E-state index contributed by atoms with van der Waals surface area (Å²) < 4.78 is 91.3. The molecule has 3 aromatic heterocycles. The van der Waals surface area contributed by atoms with Crippen molar-refractivity contribution in [2.45, 2.75) is 93.4 Å². The molecule has 0 spiro atoms. The average molecular weight is 1040 g/mol. The molecule has 0 saturated heterocycles. The molecule has 0 aliphatic carbocycles. The molecule has 0 bridgehead atoms. The van der Waals surface area contributed by atoms with E-state index in [1.54, 1.807) is 54.9 Å². The Kier molecular flexibility index (Phi) is 13.0. The van der Waals surface area contributed by atoms with Crippen molar-refractivity contribution >= 4 is 21.9 Å². The van der Waals surface area contributed by atoms with Gasteiger partial charge in [0.2, 0.25) is 0 Å². The molecule has 0 saturated carbocycles. The average Bonchev–Trinajstić information content (AvgIpc) is 3.66. The smallest absolute Gasteiger partial charge is 0.280 e. The van der Waals surface area contributed by atoms with Gasteiger partial charge in [-0.15, -0.1) is 54.1 Å². The Morgan fingerprint density at radius 3 is 2.00 bits per heavy atom. The van der Waals surface area contributed by atoms with Crippen molar-refractivity contribution in [3.63, 3.8) is 0 Å². The maximum absolute atomic E-state index is 16.1. The van der Waals surface area contributed by atoms with E-state index in [0.29, 0.717) is 56.7 Å². The summed E-state index contributed by atoms with van der Waals surface area (Å²) in [6.45, 7) is 18.4. The zero-order chi connectivity index (χ0) is 48.1. The van der Waals surface area contributed by atoms with E-state index in [-0.39, 0.29) is 36.8 Å². The second-order valence-corrected chi connectivity index (χ2v) is 18.6. The Bertz CT molecular complexity index is 3030. The number of nitrogens with zero attached hydrogens (tertiary/aromatic N) is 2. The quantitative estimate of drug-likeness (QED) is 0.112. The standard InChI is InChI=1S/C40H36F4NO.C16H18N.Ir/c1-22(2)26-10-8-11-27(23(3)4)35(26)25-18-19-45-34(21-25)31-13-9-12-29-30-16-15-28(36(42)38(30)46-37(29)31)24-14-17-32(33(41)20-24)40(43,44)39(5,6)7;1-16(2,3)12-13-9-10-17-15(11-13)14-7-5-4-6-8-14;/h8-12,14-23H,1-7H3;4-7,9-11H,12H2,1-3H3;/q2*-1;/i;4D,12D2;. The second-order valence-electron chi connectivity index (χ2n) is 18.6. The molecule has 0 N–H and O–H groups in total. The van der Waals surface area contributed by atoms with E-state index in [0.717, 1.165) is 23.3 Å². The first-order valence-electron chi connectivity index (χ1n) is 22.7. The van der Waals surface area contributed by atoms with Crippen LogP contribution in [0.4, 0.5) is 17.6 Å². The van der Waals surface area contributed by atoms with Gasteiger partial charge in [0.05, 0.1) is 11.1 Å². The largest absolute Gasteiger partial charge is 0.497 e. The number of hydrogen-bond donors (Lipinski definition) is 0. The van der Waals surface area contributed by atoms with Crippen LogP contribution in [0.3, 0.4) is 0 Å². The Hall–Kier alpha value is -5.43. The van der Waals surface area contributed by atoms with Gasteiger partial charge < -0.3 is 14.4 Å². The van der Waals surface area contributed by atoms with Crippen LogP contribution < -0.4 is 0 Å². The first-order valence-corrected chi connectivity index (χ1v) is 21.2. The summed E-state index contributed by atoms with van der Waals surface area (Å²) in [5.41, 5.74) is 5.85. The van der Waals surface area contributed by atoms with E-state index in [4.69, 9.17) is 8.53 Å². The molecule has 0 aliphatic rings. The molecule has 0 unspecified atom stereocenters. The fourth-order valence-corrected chi connectivity index (χ4v) is 7.73. The maximum Gasteiger partial charge on any atom is 0.280 e. The van der Waals surface area contributed by atoms with Gasteiger partial charge in [-0.2, -0.15) is 0 Å². The number of furan rings is 1. The van der Waals surface area contributed by atoms with E-state index in [9.17, 15) is 8.78 Å². The van der Waals surface area contributed by atoms with E-state index < -0.39 is 40.3 Å². The van der Waals surface area contributed by atoms with E-state index in [2.05, 4.69) is 68.0 Å². The summed E-state index contributed by atoms with van der Waals surface area (Å²) in [5, 5.41) is 1.21. The van der Waals surface area contributed by atoms with Crippen LogP contribution in [-0.4, -0.2) is 9.97 Å². The fraction of sp³-hybridized carbons (Fsp3) is 0.286. The molecule has 8 rings (SSSR count). The normalized spacial score (nSPS) is 13.0. The van der Waals surface area contributed by atoms with Crippen LogP contribution in [0.1, 0.15) is 107 Å². The number of benzene rings is 5. The van der Waals surface area contributed by atoms with Gasteiger partial charge in [0, 0.05) is 51.6 Å². The third-order valence-corrected chi connectivity index (χ3v) is 11.0. The van der Waals surface area contributed by atoms with Crippen LogP contribution in [0.5, 0.6) is 0 Å². The number of hydrogen-bond acceptors (Lipinski definition) is 3. The van der Waals surface area contributed by atoms with Gasteiger partial charge in [0.1, 0.15) is 5.82 Å². The summed E-state index contributed by atoms with van der Waals surface area (Å²) in [6.07, 6.45) is 1.94. The molecule has 8 heteroatoms. The van der Waals surface area contributed by atoms with Crippen molar-refractivity contribution in [2.75, 3.05) is 0 Å². The van der Waals surface area contributed by atoms with E-state index in [1.165, 1.54) is 49.6 Å². The van der Waals surface area contributed by atoms with Crippen molar-refractivity contribution in [2.24, 2.45) is 10.8 Å². The molecule has 333 valence electrons. The Balaban J connectivity index is 0.000000296. The topological polar surface area (TPSA) is 38.9 Å². The molecular formula is C56H54F4IrN2O-2. The van der Waals surface area contributed by atoms with Crippen LogP contribution in [0.25, 0.3) is 66.7 Å². The van der Waals surface area contributed by atoms with Crippen LogP contribution >= 0.6 is 0 Å². The minimum atomic E-state index is -3.41. The number of aromatic nitrogens is 2. The molecule has 5 aromatic carbocycles. The van der Waals surface area contributed by atoms with Gasteiger partial charge >= 0.3 is 0 Å². The number of pyridine rings is 2. The monoisotopic (exact) mass is 1040 g/mol. The molecular weight excluding hydrogens is 985 g/mol. The van der Waals surface area contributed by atoms with Crippen molar-refractivity contribution < 1.29 is 46.2 Å². The van der Waals surface area contributed by atoms with Crippen LogP contribution in [-0.2, 0) is 32.4 Å². The Labute approximate surface area is 393 Å². The van der Waals surface area contributed by atoms with Gasteiger partial charge in [-0.25, -0.2) is 17.6 Å². The van der Waals surface area contributed by atoms with Crippen LogP contribution in [0.2, 0.25) is 0 Å². The summed E-state index contributed by atoms with van der Waals surface area (Å²) in [6, 6.07) is 35.7. The van der Waals surface area contributed by atoms with E-state index in [1.807, 2.05) is 39.0 Å². The van der Waals surface area contributed by atoms with Crippen LogP contribution in [0, 0.1) is 34.6 Å². The van der Waals surface area contributed by atoms with Gasteiger partial charge in [-0.05, 0) is 88.5 Å². The molecule has 0 fully saturated rings. The molecule has 8 aromatic rings. The van der Waals surface area contributed by atoms with Gasteiger partial charge in [-0.3, -0.25) is 0 Å². The first-order chi connectivity index (χ1) is 30.9. The number of rotatable bonds is 8. The number of alkyl halides is 2. The predicted octanol–water partition coefficient (Wildman–Crippen LogP) is 16.6. The van der Waals surface area contributed by atoms with Gasteiger partial charge in [-0.1, -0.05) is 134 Å². The first kappa shape index (κ1) is 43.8. The molecule has 1 radical (unpaired) electrons. The summed E-state index contributed by atoms with van der Waals surface area (Å²) in [7, 11) is 0. The van der Waals surface area contributed by atoms with Crippen molar-refractivity contribution in [3.05, 3.63) is 168 Å².